The first-order valence-corrected chi connectivity index (χ1v) is 5.89. The van der Waals surface area contributed by atoms with Gasteiger partial charge in [0, 0.05) is 0 Å². The molecule has 0 saturated carbocycles. The SMILES string of the molecule is CC12BC(I)(CCCC1)CC2. The van der Waals surface area contributed by atoms with Crippen LogP contribution in [0.1, 0.15) is 45.4 Å². The van der Waals surface area contributed by atoms with Crippen molar-refractivity contribution in [3.05, 3.63) is 0 Å². The van der Waals surface area contributed by atoms with Crippen LogP contribution in [-0.2, 0) is 0 Å². The van der Waals surface area contributed by atoms with Crippen molar-refractivity contribution in [2.45, 2.75) is 54.1 Å². The number of rotatable bonds is 0. The van der Waals surface area contributed by atoms with Gasteiger partial charge in [-0.2, -0.15) is 0 Å². The molecule has 0 spiro atoms. The molecular formula is C9H16BI. The Labute approximate surface area is 83.9 Å². The van der Waals surface area contributed by atoms with Gasteiger partial charge in [0.05, 0.1) is 0 Å². The molecule has 0 nitrogen and oxygen atoms in total. The van der Waals surface area contributed by atoms with E-state index in [0.29, 0.717) is 3.32 Å². The first-order chi connectivity index (χ1) is 5.12. The fraction of sp³-hybridized carbons (Fsp3) is 1.00. The average molecular weight is 262 g/mol. The van der Waals surface area contributed by atoms with E-state index < -0.39 is 0 Å². The van der Waals surface area contributed by atoms with E-state index in [9.17, 15) is 0 Å². The molecule has 0 aliphatic carbocycles. The Balaban J connectivity index is 2.18. The van der Waals surface area contributed by atoms with Crippen molar-refractivity contribution in [3.8, 4) is 0 Å². The third-order valence-electron chi connectivity index (χ3n) is 3.58. The predicted molar refractivity (Wildman–Crippen MR) is 60.0 cm³/mol. The van der Waals surface area contributed by atoms with Gasteiger partial charge in [-0.15, -0.1) is 0 Å². The fourth-order valence-corrected chi connectivity index (χ4v) is 4.46. The molecule has 11 heavy (non-hydrogen) atoms. The zero-order valence-electron chi connectivity index (χ0n) is 7.33. The molecule has 0 amide bonds. The van der Waals surface area contributed by atoms with Gasteiger partial charge in [-0.05, 0) is 16.2 Å². The topological polar surface area (TPSA) is 0 Å². The van der Waals surface area contributed by atoms with Crippen LogP contribution in [0, 0.1) is 0 Å². The van der Waals surface area contributed by atoms with E-state index in [4.69, 9.17) is 0 Å². The molecule has 0 N–H and O–H groups in total. The molecule has 2 heterocycles. The monoisotopic (exact) mass is 262 g/mol. The van der Waals surface area contributed by atoms with E-state index in [-0.39, 0.29) is 0 Å². The van der Waals surface area contributed by atoms with Crippen LogP contribution < -0.4 is 0 Å². The zero-order valence-corrected chi connectivity index (χ0v) is 9.49. The van der Waals surface area contributed by atoms with E-state index >= 15 is 0 Å². The second-order valence-corrected chi connectivity index (χ2v) is 7.13. The Morgan fingerprint density at radius 3 is 2.64 bits per heavy atom. The number of halogens is 1. The van der Waals surface area contributed by atoms with Crippen molar-refractivity contribution >= 4 is 29.9 Å². The minimum atomic E-state index is 0.711. The largest absolute Gasteiger partial charge is 0.147 e. The van der Waals surface area contributed by atoms with Crippen LogP contribution in [0.2, 0.25) is 5.31 Å². The number of fused-ring (bicyclic) bond motifs is 2. The lowest BCUT2D eigenvalue weighted by Gasteiger charge is -2.21. The molecule has 2 fully saturated rings. The quantitative estimate of drug-likeness (QED) is 0.357. The standard InChI is InChI=1S/C9H16BI/c1-8-4-2-3-5-9(11,10-8)7-6-8/h10H,2-7H2,1H3. The summed E-state index contributed by atoms with van der Waals surface area (Å²) in [4.78, 5) is 0. The summed E-state index contributed by atoms with van der Waals surface area (Å²) < 4.78 is 0.711. The summed E-state index contributed by atoms with van der Waals surface area (Å²) in [6, 6.07) is 0. The Morgan fingerprint density at radius 1 is 1.09 bits per heavy atom. The first-order valence-electron chi connectivity index (χ1n) is 4.81. The summed E-state index contributed by atoms with van der Waals surface area (Å²) in [5.41, 5.74) is 0. The molecule has 0 aromatic carbocycles. The van der Waals surface area contributed by atoms with Crippen LogP contribution in [0.3, 0.4) is 0 Å². The Morgan fingerprint density at radius 2 is 1.82 bits per heavy atom. The maximum Gasteiger partial charge on any atom is 0.147 e. The lowest BCUT2D eigenvalue weighted by molar-refractivity contribution is 0.465. The number of hydrogen-bond acceptors (Lipinski definition) is 0. The van der Waals surface area contributed by atoms with Crippen molar-refractivity contribution in [3.63, 3.8) is 0 Å². The molecule has 2 saturated heterocycles. The predicted octanol–water partition coefficient (Wildman–Crippen LogP) is 3.10. The highest BCUT2D eigenvalue weighted by Crippen LogP contribution is 2.54. The van der Waals surface area contributed by atoms with Gasteiger partial charge in [0.15, 0.2) is 0 Å². The van der Waals surface area contributed by atoms with Gasteiger partial charge in [0.25, 0.3) is 0 Å². The summed E-state index contributed by atoms with van der Waals surface area (Å²) in [6.07, 6.45) is 8.95. The van der Waals surface area contributed by atoms with Crippen LogP contribution >= 0.6 is 22.6 Å². The van der Waals surface area contributed by atoms with Gasteiger partial charge in [-0.1, -0.05) is 60.5 Å². The lowest BCUT2D eigenvalue weighted by atomic mass is 9.51. The van der Waals surface area contributed by atoms with Crippen molar-refractivity contribution in [2.24, 2.45) is 0 Å². The second kappa shape index (κ2) is 2.64. The van der Waals surface area contributed by atoms with Crippen molar-refractivity contribution in [1.29, 1.82) is 0 Å². The Hall–Kier alpha value is 0.795. The summed E-state index contributed by atoms with van der Waals surface area (Å²) in [5, 5.41) is 0.734. The van der Waals surface area contributed by atoms with E-state index in [1.165, 1.54) is 45.8 Å². The molecule has 2 heteroatoms. The molecule has 2 aliphatic heterocycles. The summed E-state index contributed by atoms with van der Waals surface area (Å²) in [7, 11) is 1.50. The normalized spacial score (nSPS) is 50.0. The molecule has 2 rings (SSSR count). The average Bonchev–Trinajstić information content (AvgIpc) is 2.11. The van der Waals surface area contributed by atoms with Crippen LogP contribution in [0.5, 0.6) is 0 Å². The molecule has 0 aromatic heterocycles. The smallest absolute Gasteiger partial charge is 0.0883 e. The Bertz CT molecular complexity index is 145. The van der Waals surface area contributed by atoms with E-state index in [0.717, 1.165) is 5.31 Å². The van der Waals surface area contributed by atoms with E-state index in [2.05, 4.69) is 29.5 Å². The van der Waals surface area contributed by atoms with Crippen LogP contribution in [0.25, 0.3) is 0 Å². The van der Waals surface area contributed by atoms with Gasteiger partial charge in [-0.25, -0.2) is 0 Å². The summed E-state index contributed by atoms with van der Waals surface area (Å²) in [5.74, 6) is 0. The number of alkyl halides is 1. The van der Waals surface area contributed by atoms with Gasteiger partial charge in [0.1, 0.15) is 7.28 Å². The van der Waals surface area contributed by atoms with Crippen LogP contribution in [0.15, 0.2) is 0 Å². The molecule has 2 aliphatic rings. The van der Waals surface area contributed by atoms with E-state index in [1.807, 2.05) is 0 Å². The highest BCUT2D eigenvalue weighted by Gasteiger charge is 2.45. The van der Waals surface area contributed by atoms with Crippen molar-refractivity contribution in [1.82, 2.24) is 0 Å². The number of hydrogen-bond donors (Lipinski definition) is 0. The fourth-order valence-electron chi connectivity index (χ4n) is 2.89. The molecule has 2 bridgehead atoms. The van der Waals surface area contributed by atoms with Gasteiger partial charge in [0.2, 0.25) is 0 Å². The third-order valence-corrected chi connectivity index (χ3v) is 5.04. The molecule has 0 aromatic rings. The minimum Gasteiger partial charge on any atom is -0.0883 e. The van der Waals surface area contributed by atoms with Crippen molar-refractivity contribution in [2.75, 3.05) is 0 Å². The molecule has 62 valence electrons. The minimum absolute atomic E-state index is 0.711. The maximum atomic E-state index is 2.73. The van der Waals surface area contributed by atoms with Crippen LogP contribution in [0.4, 0.5) is 0 Å². The van der Waals surface area contributed by atoms with Gasteiger partial charge < -0.3 is 0 Å². The van der Waals surface area contributed by atoms with Crippen molar-refractivity contribution < 1.29 is 0 Å². The Kier molecular flexibility index (Phi) is 2.02. The zero-order chi connectivity index (χ0) is 7.95. The second-order valence-electron chi connectivity index (χ2n) is 4.85. The highest BCUT2D eigenvalue weighted by atomic mass is 127. The molecule has 2 atom stereocenters. The van der Waals surface area contributed by atoms with Gasteiger partial charge >= 0.3 is 0 Å². The van der Waals surface area contributed by atoms with E-state index in [1.54, 1.807) is 0 Å². The summed E-state index contributed by atoms with van der Waals surface area (Å²) >= 11 is 2.73. The summed E-state index contributed by atoms with van der Waals surface area (Å²) in [6.45, 7) is 2.50. The molecular weight excluding hydrogens is 246 g/mol. The lowest BCUT2D eigenvalue weighted by Crippen LogP contribution is -2.25. The van der Waals surface area contributed by atoms with Gasteiger partial charge in [-0.3, -0.25) is 0 Å². The third kappa shape index (κ3) is 1.61. The first kappa shape index (κ1) is 8.40. The molecule has 0 radical (unpaired) electrons. The molecule has 2 unspecified atom stereocenters. The highest BCUT2D eigenvalue weighted by molar-refractivity contribution is 14.1. The van der Waals surface area contributed by atoms with Crippen LogP contribution in [-0.4, -0.2) is 10.6 Å². The maximum absolute atomic E-state index is 2.73.